The summed E-state index contributed by atoms with van der Waals surface area (Å²) >= 11 is 0. The van der Waals surface area contributed by atoms with Gasteiger partial charge in [0.1, 0.15) is 17.2 Å². The second kappa shape index (κ2) is 8.44. The Balaban J connectivity index is 1.54. The van der Waals surface area contributed by atoms with Gasteiger partial charge in [0.25, 0.3) is 5.91 Å². The molecule has 3 rings (SSSR count). The lowest BCUT2D eigenvalue weighted by molar-refractivity contribution is -0.123. The Morgan fingerprint density at radius 1 is 1.07 bits per heavy atom. The van der Waals surface area contributed by atoms with Gasteiger partial charge in [-0.1, -0.05) is 0 Å². The molecule has 27 heavy (non-hydrogen) atoms. The monoisotopic (exact) mass is 370 g/mol. The number of anilines is 1. The van der Waals surface area contributed by atoms with Gasteiger partial charge in [-0.2, -0.15) is 0 Å². The summed E-state index contributed by atoms with van der Waals surface area (Å²) in [6.07, 6.45) is 1.12. The summed E-state index contributed by atoms with van der Waals surface area (Å²) in [5.74, 6) is 1.74. The van der Waals surface area contributed by atoms with Crippen LogP contribution >= 0.6 is 0 Å². The van der Waals surface area contributed by atoms with E-state index in [0.717, 1.165) is 16.8 Å². The molecule has 0 spiro atoms. The van der Waals surface area contributed by atoms with Gasteiger partial charge in [0, 0.05) is 24.2 Å². The number of nitrogens with one attached hydrogen (secondary N) is 2. The molecule has 0 atom stereocenters. The molecule has 0 aliphatic carbocycles. The van der Waals surface area contributed by atoms with Crippen molar-refractivity contribution in [3.8, 4) is 17.2 Å². The van der Waals surface area contributed by atoms with Crippen LogP contribution in [0.15, 0.2) is 36.4 Å². The van der Waals surface area contributed by atoms with Crippen molar-refractivity contribution in [2.24, 2.45) is 0 Å². The molecule has 0 aromatic heterocycles. The van der Waals surface area contributed by atoms with E-state index in [4.69, 9.17) is 14.2 Å². The predicted molar refractivity (Wildman–Crippen MR) is 100 cm³/mol. The Morgan fingerprint density at radius 2 is 1.89 bits per heavy atom. The summed E-state index contributed by atoms with van der Waals surface area (Å²) in [6, 6.07) is 10.8. The zero-order valence-electron chi connectivity index (χ0n) is 15.3. The summed E-state index contributed by atoms with van der Waals surface area (Å²) in [5.41, 5.74) is 2.62. The van der Waals surface area contributed by atoms with Crippen molar-refractivity contribution in [1.82, 2.24) is 5.32 Å². The maximum absolute atomic E-state index is 12.1. The van der Waals surface area contributed by atoms with Gasteiger partial charge >= 0.3 is 0 Å². The number of carbonyl (C=O) groups excluding carboxylic acids is 2. The number of ether oxygens (including phenoxy) is 3. The van der Waals surface area contributed by atoms with E-state index in [9.17, 15) is 9.59 Å². The van der Waals surface area contributed by atoms with Crippen molar-refractivity contribution in [1.29, 1.82) is 0 Å². The third kappa shape index (κ3) is 4.69. The second-order valence-corrected chi connectivity index (χ2v) is 6.11. The summed E-state index contributed by atoms with van der Waals surface area (Å²) in [4.78, 5) is 23.5. The first-order chi connectivity index (χ1) is 13.1. The zero-order chi connectivity index (χ0) is 19.2. The van der Waals surface area contributed by atoms with E-state index in [1.54, 1.807) is 38.5 Å². The third-order valence-electron chi connectivity index (χ3n) is 4.31. The number of amides is 2. The van der Waals surface area contributed by atoms with Gasteiger partial charge in [-0.05, 0) is 48.4 Å². The van der Waals surface area contributed by atoms with Crippen LogP contribution in [0.2, 0.25) is 0 Å². The first-order valence-corrected chi connectivity index (χ1v) is 8.62. The minimum absolute atomic E-state index is 0.0171. The number of benzene rings is 2. The lowest BCUT2D eigenvalue weighted by Gasteiger charge is -2.17. The zero-order valence-corrected chi connectivity index (χ0v) is 15.3. The van der Waals surface area contributed by atoms with Crippen LogP contribution in [0.5, 0.6) is 17.2 Å². The van der Waals surface area contributed by atoms with Gasteiger partial charge in [0.15, 0.2) is 6.61 Å². The molecule has 0 bridgehead atoms. The van der Waals surface area contributed by atoms with Crippen LogP contribution in [0.3, 0.4) is 0 Å². The summed E-state index contributed by atoms with van der Waals surface area (Å²) in [5, 5.41) is 5.62. The molecule has 2 aromatic rings. The second-order valence-electron chi connectivity index (χ2n) is 6.11. The lowest BCUT2D eigenvalue weighted by Crippen LogP contribution is -2.28. The van der Waals surface area contributed by atoms with Crippen LogP contribution in [0.1, 0.15) is 17.5 Å². The van der Waals surface area contributed by atoms with Crippen LogP contribution in [0.4, 0.5) is 5.69 Å². The van der Waals surface area contributed by atoms with Crippen molar-refractivity contribution in [3.05, 3.63) is 47.5 Å². The molecular formula is C20H22N2O5. The highest BCUT2D eigenvalue weighted by Gasteiger charge is 2.15. The SMILES string of the molecule is COc1ccc(OC)c(CNC(=O)COc2ccc3c(c2)CCC(=O)N3)c1. The Labute approximate surface area is 157 Å². The van der Waals surface area contributed by atoms with Crippen molar-refractivity contribution >= 4 is 17.5 Å². The fraction of sp³-hybridized carbons (Fsp3) is 0.300. The Hall–Kier alpha value is -3.22. The average molecular weight is 370 g/mol. The maximum Gasteiger partial charge on any atom is 0.258 e. The minimum atomic E-state index is -0.245. The van der Waals surface area contributed by atoms with Crippen LogP contribution in [0.25, 0.3) is 0 Å². The van der Waals surface area contributed by atoms with Crippen molar-refractivity contribution in [3.63, 3.8) is 0 Å². The molecular weight excluding hydrogens is 348 g/mol. The fourth-order valence-electron chi connectivity index (χ4n) is 2.86. The van der Waals surface area contributed by atoms with E-state index in [0.29, 0.717) is 36.6 Å². The van der Waals surface area contributed by atoms with Gasteiger partial charge in [0.2, 0.25) is 5.91 Å². The molecule has 2 amide bonds. The van der Waals surface area contributed by atoms with E-state index in [1.165, 1.54) is 0 Å². The normalized spacial score (nSPS) is 12.6. The van der Waals surface area contributed by atoms with E-state index in [-0.39, 0.29) is 18.4 Å². The molecule has 0 radical (unpaired) electrons. The van der Waals surface area contributed by atoms with Crippen LogP contribution < -0.4 is 24.8 Å². The first kappa shape index (κ1) is 18.6. The van der Waals surface area contributed by atoms with E-state index in [1.807, 2.05) is 12.1 Å². The van der Waals surface area contributed by atoms with Gasteiger partial charge in [-0.15, -0.1) is 0 Å². The van der Waals surface area contributed by atoms with E-state index < -0.39 is 0 Å². The van der Waals surface area contributed by atoms with Crippen molar-refractivity contribution in [2.75, 3.05) is 26.1 Å². The molecule has 2 aromatic carbocycles. The summed E-state index contributed by atoms with van der Waals surface area (Å²) in [7, 11) is 3.16. The number of hydrogen-bond acceptors (Lipinski definition) is 5. The number of methoxy groups -OCH3 is 2. The summed E-state index contributed by atoms with van der Waals surface area (Å²) < 4.78 is 16.1. The smallest absolute Gasteiger partial charge is 0.258 e. The molecule has 0 saturated heterocycles. The third-order valence-corrected chi connectivity index (χ3v) is 4.31. The number of rotatable bonds is 7. The topological polar surface area (TPSA) is 85.9 Å². The quantitative estimate of drug-likeness (QED) is 0.781. The Kier molecular flexibility index (Phi) is 5.80. The van der Waals surface area contributed by atoms with Gasteiger partial charge in [0.05, 0.1) is 14.2 Å². The largest absolute Gasteiger partial charge is 0.497 e. The van der Waals surface area contributed by atoms with Gasteiger partial charge < -0.3 is 24.8 Å². The Bertz CT molecular complexity index is 850. The molecule has 1 aliphatic heterocycles. The predicted octanol–water partition coefficient (Wildman–Crippen LogP) is 2.28. The number of carbonyl (C=O) groups is 2. The van der Waals surface area contributed by atoms with Crippen LogP contribution in [-0.4, -0.2) is 32.6 Å². The highest BCUT2D eigenvalue weighted by atomic mass is 16.5. The molecule has 2 N–H and O–H groups in total. The molecule has 142 valence electrons. The van der Waals surface area contributed by atoms with Gasteiger partial charge in [-0.25, -0.2) is 0 Å². The number of aryl methyl sites for hydroxylation is 1. The van der Waals surface area contributed by atoms with E-state index in [2.05, 4.69) is 10.6 Å². The maximum atomic E-state index is 12.1. The molecule has 0 unspecified atom stereocenters. The molecule has 7 heteroatoms. The highest BCUT2D eigenvalue weighted by Crippen LogP contribution is 2.27. The molecule has 0 fully saturated rings. The fourth-order valence-corrected chi connectivity index (χ4v) is 2.86. The Morgan fingerprint density at radius 3 is 2.67 bits per heavy atom. The van der Waals surface area contributed by atoms with Crippen LogP contribution in [0, 0.1) is 0 Å². The molecule has 0 saturated carbocycles. The van der Waals surface area contributed by atoms with Crippen molar-refractivity contribution < 1.29 is 23.8 Å². The molecule has 7 nitrogen and oxygen atoms in total. The molecule has 1 heterocycles. The highest BCUT2D eigenvalue weighted by molar-refractivity contribution is 5.94. The number of fused-ring (bicyclic) bond motifs is 1. The van der Waals surface area contributed by atoms with Crippen LogP contribution in [-0.2, 0) is 22.6 Å². The lowest BCUT2D eigenvalue weighted by atomic mass is 10.0. The summed E-state index contributed by atoms with van der Waals surface area (Å²) in [6.45, 7) is 0.205. The minimum Gasteiger partial charge on any atom is -0.497 e. The van der Waals surface area contributed by atoms with E-state index >= 15 is 0 Å². The molecule has 1 aliphatic rings. The number of hydrogen-bond donors (Lipinski definition) is 2. The first-order valence-electron chi connectivity index (χ1n) is 8.62. The van der Waals surface area contributed by atoms with Crippen molar-refractivity contribution in [2.45, 2.75) is 19.4 Å². The average Bonchev–Trinajstić information content (AvgIpc) is 2.70. The standard InChI is InChI=1S/C20H22N2O5/c1-25-15-5-7-18(26-2)14(10-15)11-21-20(24)12-27-16-4-6-17-13(9-16)3-8-19(23)22-17/h4-7,9-10H,3,8,11-12H2,1-2H3,(H,21,24)(H,22,23). The van der Waals surface area contributed by atoms with Gasteiger partial charge in [-0.3, -0.25) is 9.59 Å².